The number of rotatable bonds is 5. The quantitative estimate of drug-likeness (QED) is 0.905. The standard InChI is InChI=1S/C14H14F3NO2/c1-2-18-13(11-7-8-19-9-11)10-3-5-12(6-4-10)20-14(15,16)17/h3-9,13,18H,2H2,1H3. The van der Waals surface area contributed by atoms with E-state index in [1.807, 2.05) is 13.0 Å². The average molecular weight is 285 g/mol. The topological polar surface area (TPSA) is 34.4 Å². The van der Waals surface area contributed by atoms with Crippen molar-refractivity contribution in [1.29, 1.82) is 0 Å². The van der Waals surface area contributed by atoms with Gasteiger partial charge in [0.1, 0.15) is 5.75 Å². The van der Waals surface area contributed by atoms with Gasteiger partial charge in [-0.2, -0.15) is 0 Å². The molecule has 2 aromatic rings. The second-order valence-corrected chi connectivity index (χ2v) is 4.16. The van der Waals surface area contributed by atoms with Crippen LogP contribution >= 0.6 is 0 Å². The summed E-state index contributed by atoms with van der Waals surface area (Å²) in [6.45, 7) is 2.67. The molecule has 0 spiro atoms. The van der Waals surface area contributed by atoms with Crippen LogP contribution in [0.1, 0.15) is 24.1 Å². The molecule has 0 saturated carbocycles. The van der Waals surface area contributed by atoms with Gasteiger partial charge in [-0.25, -0.2) is 0 Å². The highest BCUT2D eigenvalue weighted by Crippen LogP contribution is 2.27. The van der Waals surface area contributed by atoms with Crippen molar-refractivity contribution in [1.82, 2.24) is 5.32 Å². The van der Waals surface area contributed by atoms with Gasteiger partial charge in [-0.15, -0.1) is 13.2 Å². The van der Waals surface area contributed by atoms with E-state index >= 15 is 0 Å². The maximum Gasteiger partial charge on any atom is 0.573 e. The second kappa shape index (κ2) is 6.00. The summed E-state index contributed by atoms with van der Waals surface area (Å²) in [6.07, 6.45) is -1.51. The third kappa shape index (κ3) is 3.77. The summed E-state index contributed by atoms with van der Waals surface area (Å²) in [5, 5.41) is 3.25. The minimum atomic E-state index is -4.67. The Morgan fingerprint density at radius 2 is 1.85 bits per heavy atom. The summed E-state index contributed by atoms with van der Waals surface area (Å²) < 4.78 is 45.2. The number of hydrogen-bond acceptors (Lipinski definition) is 3. The van der Waals surface area contributed by atoms with Crippen molar-refractivity contribution in [2.24, 2.45) is 0 Å². The molecule has 1 aromatic carbocycles. The van der Waals surface area contributed by atoms with E-state index in [0.717, 1.165) is 17.7 Å². The van der Waals surface area contributed by atoms with Crippen molar-refractivity contribution >= 4 is 0 Å². The van der Waals surface area contributed by atoms with Crippen LogP contribution < -0.4 is 10.1 Å². The molecular formula is C14H14F3NO2. The van der Waals surface area contributed by atoms with Crippen LogP contribution in [0, 0.1) is 0 Å². The van der Waals surface area contributed by atoms with Gasteiger partial charge >= 0.3 is 6.36 Å². The Labute approximate surface area is 114 Å². The van der Waals surface area contributed by atoms with Gasteiger partial charge in [0.25, 0.3) is 0 Å². The Morgan fingerprint density at radius 3 is 2.35 bits per heavy atom. The molecule has 0 saturated heterocycles. The second-order valence-electron chi connectivity index (χ2n) is 4.16. The Bertz CT molecular complexity index is 520. The van der Waals surface area contributed by atoms with Gasteiger partial charge in [-0.1, -0.05) is 19.1 Å². The van der Waals surface area contributed by atoms with Crippen LogP contribution in [0.4, 0.5) is 13.2 Å². The summed E-state index contributed by atoms with van der Waals surface area (Å²) >= 11 is 0. The van der Waals surface area contributed by atoms with Crippen LogP contribution in [0.3, 0.4) is 0 Å². The lowest BCUT2D eigenvalue weighted by molar-refractivity contribution is -0.274. The molecule has 0 aliphatic rings. The molecule has 1 unspecified atom stereocenters. The third-order valence-corrected chi connectivity index (χ3v) is 2.73. The fourth-order valence-electron chi connectivity index (χ4n) is 1.93. The summed E-state index contributed by atoms with van der Waals surface area (Å²) in [5.74, 6) is -0.233. The maximum absolute atomic E-state index is 12.1. The third-order valence-electron chi connectivity index (χ3n) is 2.73. The van der Waals surface area contributed by atoms with Crippen molar-refractivity contribution in [3.8, 4) is 5.75 Å². The Hall–Kier alpha value is -1.95. The molecule has 0 amide bonds. The predicted octanol–water partition coefficient (Wildman–Crippen LogP) is 3.88. The van der Waals surface area contributed by atoms with Crippen molar-refractivity contribution in [3.05, 3.63) is 54.0 Å². The van der Waals surface area contributed by atoms with E-state index in [0.29, 0.717) is 0 Å². The van der Waals surface area contributed by atoms with E-state index < -0.39 is 6.36 Å². The molecule has 0 aliphatic carbocycles. The number of benzene rings is 1. The van der Waals surface area contributed by atoms with Crippen molar-refractivity contribution in [3.63, 3.8) is 0 Å². The van der Waals surface area contributed by atoms with E-state index in [4.69, 9.17) is 4.42 Å². The molecule has 1 heterocycles. The molecule has 0 fully saturated rings. The molecule has 3 nitrogen and oxygen atoms in total. The van der Waals surface area contributed by atoms with E-state index in [1.54, 1.807) is 24.7 Å². The Balaban J connectivity index is 2.18. The fourth-order valence-corrected chi connectivity index (χ4v) is 1.93. The zero-order valence-corrected chi connectivity index (χ0v) is 10.8. The largest absolute Gasteiger partial charge is 0.573 e. The summed E-state index contributed by atoms with van der Waals surface area (Å²) in [7, 11) is 0. The number of nitrogens with one attached hydrogen (secondary N) is 1. The summed E-state index contributed by atoms with van der Waals surface area (Å²) in [4.78, 5) is 0. The van der Waals surface area contributed by atoms with Crippen LogP contribution in [0.15, 0.2) is 47.3 Å². The number of furan rings is 1. The van der Waals surface area contributed by atoms with E-state index in [-0.39, 0.29) is 11.8 Å². The van der Waals surface area contributed by atoms with Crippen molar-refractivity contribution in [2.75, 3.05) is 6.54 Å². The molecule has 0 aliphatic heterocycles. The molecule has 1 aromatic heterocycles. The van der Waals surface area contributed by atoms with Crippen molar-refractivity contribution < 1.29 is 22.3 Å². The van der Waals surface area contributed by atoms with Crippen molar-refractivity contribution in [2.45, 2.75) is 19.3 Å². The highest BCUT2D eigenvalue weighted by Gasteiger charge is 2.31. The first-order chi connectivity index (χ1) is 9.49. The van der Waals surface area contributed by atoms with Gasteiger partial charge in [0, 0.05) is 5.56 Å². The van der Waals surface area contributed by atoms with Gasteiger partial charge in [0.15, 0.2) is 0 Å². The minimum absolute atomic E-state index is 0.126. The molecule has 1 N–H and O–H groups in total. The summed E-state index contributed by atoms with van der Waals surface area (Å²) in [5.41, 5.74) is 1.75. The Kier molecular flexibility index (Phi) is 4.34. The normalized spacial score (nSPS) is 13.2. The SMILES string of the molecule is CCNC(c1ccc(OC(F)(F)F)cc1)c1ccoc1. The predicted molar refractivity (Wildman–Crippen MR) is 67.4 cm³/mol. The number of halogens is 3. The molecule has 0 radical (unpaired) electrons. The lowest BCUT2D eigenvalue weighted by Crippen LogP contribution is -2.21. The zero-order valence-electron chi connectivity index (χ0n) is 10.8. The highest BCUT2D eigenvalue weighted by atomic mass is 19.4. The molecule has 2 rings (SSSR count). The van der Waals surface area contributed by atoms with Crippen LogP contribution in [0.25, 0.3) is 0 Å². The average Bonchev–Trinajstić information content (AvgIpc) is 2.89. The Morgan fingerprint density at radius 1 is 1.15 bits per heavy atom. The van der Waals surface area contributed by atoms with Gasteiger partial charge in [0.05, 0.1) is 18.6 Å². The maximum atomic E-state index is 12.1. The molecule has 0 bridgehead atoms. The lowest BCUT2D eigenvalue weighted by Gasteiger charge is -2.17. The highest BCUT2D eigenvalue weighted by molar-refractivity contribution is 5.34. The molecule has 1 atom stereocenters. The first-order valence-electron chi connectivity index (χ1n) is 6.11. The van der Waals surface area contributed by atoms with Crippen LogP contribution in [-0.4, -0.2) is 12.9 Å². The van der Waals surface area contributed by atoms with Gasteiger partial charge in [-0.3, -0.25) is 0 Å². The first-order valence-corrected chi connectivity index (χ1v) is 6.11. The van der Waals surface area contributed by atoms with E-state index in [9.17, 15) is 13.2 Å². The number of ether oxygens (including phenoxy) is 1. The first kappa shape index (κ1) is 14.5. The van der Waals surface area contributed by atoms with Crippen LogP contribution in [-0.2, 0) is 0 Å². The van der Waals surface area contributed by atoms with Gasteiger partial charge in [0.2, 0.25) is 0 Å². The smallest absolute Gasteiger partial charge is 0.472 e. The molecule has 6 heteroatoms. The van der Waals surface area contributed by atoms with Gasteiger partial charge in [-0.05, 0) is 30.3 Å². The van der Waals surface area contributed by atoms with E-state index in [2.05, 4.69) is 10.1 Å². The zero-order chi connectivity index (χ0) is 14.6. The number of hydrogen-bond donors (Lipinski definition) is 1. The molecule has 20 heavy (non-hydrogen) atoms. The van der Waals surface area contributed by atoms with Crippen LogP contribution in [0.5, 0.6) is 5.75 Å². The fraction of sp³-hybridized carbons (Fsp3) is 0.286. The molecule has 108 valence electrons. The number of alkyl halides is 3. The van der Waals surface area contributed by atoms with Crippen LogP contribution in [0.2, 0.25) is 0 Å². The van der Waals surface area contributed by atoms with E-state index in [1.165, 1.54) is 12.1 Å². The monoisotopic (exact) mass is 285 g/mol. The summed E-state index contributed by atoms with van der Waals surface area (Å²) in [6, 6.07) is 7.48. The molecular weight excluding hydrogens is 271 g/mol. The lowest BCUT2D eigenvalue weighted by atomic mass is 10.0. The minimum Gasteiger partial charge on any atom is -0.472 e. The van der Waals surface area contributed by atoms with Gasteiger partial charge < -0.3 is 14.5 Å².